The van der Waals surface area contributed by atoms with E-state index in [1.54, 1.807) is 37.4 Å². The molecule has 0 saturated carbocycles. The van der Waals surface area contributed by atoms with Crippen LogP contribution in [0, 0.1) is 0 Å². The first-order chi connectivity index (χ1) is 13.5. The van der Waals surface area contributed by atoms with Crippen molar-refractivity contribution < 1.29 is 14.7 Å². The molecule has 0 bridgehead atoms. The molecule has 0 radical (unpaired) electrons. The van der Waals surface area contributed by atoms with Crippen LogP contribution in [-0.2, 0) is 4.79 Å². The number of rotatable bonds is 4. The van der Waals surface area contributed by atoms with E-state index in [0.717, 1.165) is 10.4 Å². The number of anilines is 3. The molecule has 3 aromatic rings. The van der Waals surface area contributed by atoms with Crippen molar-refractivity contribution in [3.63, 3.8) is 0 Å². The molecule has 4 rings (SSSR count). The van der Waals surface area contributed by atoms with E-state index < -0.39 is 6.10 Å². The summed E-state index contributed by atoms with van der Waals surface area (Å²) in [6.45, 7) is 0.186. The summed E-state index contributed by atoms with van der Waals surface area (Å²) in [7, 11) is 1.66. The number of nitrogens with one attached hydrogen (secondary N) is 2. The number of thiophene rings is 1. The van der Waals surface area contributed by atoms with Crippen LogP contribution in [0.15, 0.2) is 54.0 Å². The smallest absolute Gasteiger partial charge is 0.257 e. The molecule has 142 valence electrons. The van der Waals surface area contributed by atoms with Gasteiger partial charge in [-0.2, -0.15) is 0 Å². The molecule has 1 atom stereocenters. The molecule has 2 aromatic heterocycles. The van der Waals surface area contributed by atoms with E-state index in [2.05, 4.69) is 15.6 Å². The highest BCUT2D eigenvalue weighted by Gasteiger charge is 2.23. The van der Waals surface area contributed by atoms with Gasteiger partial charge in [-0.15, -0.1) is 11.3 Å². The number of aliphatic hydroxyl groups excluding tert-OH is 1. The van der Waals surface area contributed by atoms with Crippen molar-refractivity contribution in [3.05, 3.63) is 70.0 Å². The Labute approximate surface area is 165 Å². The SMILES string of the molecule is CN1C(=O)CNc2ncc(C(=O)Nc3ccc(C(O)c4cccs4)cc3)cc21. The van der Waals surface area contributed by atoms with Gasteiger partial charge >= 0.3 is 0 Å². The molecule has 1 aliphatic rings. The number of likely N-dealkylation sites (N-methyl/N-ethyl adjacent to an activating group) is 1. The summed E-state index contributed by atoms with van der Waals surface area (Å²) in [6.07, 6.45) is 0.787. The molecule has 0 spiro atoms. The lowest BCUT2D eigenvalue weighted by Crippen LogP contribution is -2.37. The van der Waals surface area contributed by atoms with Crippen LogP contribution in [0.3, 0.4) is 0 Å². The first kappa shape index (κ1) is 18.1. The van der Waals surface area contributed by atoms with Crippen LogP contribution in [0.5, 0.6) is 0 Å². The third-order valence-electron chi connectivity index (χ3n) is 4.57. The summed E-state index contributed by atoms with van der Waals surface area (Å²) < 4.78 is 0. The number of hydrogen-bond donors (Lipinski definition) is 3. The summed E-state index contributed by atoms with van der Waals surface area (Å²) in [6, 6.07) is 12.5. The molecule has 0 saturated heterocycles. The van der Waals surface area contributed by atoms with E-state index in [1.165, 1.54) is 22.4 Å². The molecule has 7 nitrogen and oxygen atoms in total. The monoisotopic (exact) mass is 394 g/mol. The van der Waals surface area contributed by atoms with Crippen LogP contribution in [-0.4, -0.2) is 35.5 Å². The predicted molar refractivity (Wildman–Crippen MR) is 109 cm³/mol. The number of hydrogen-bond acceptors (Lipinski definition) is 6. The Balaban J connectivity index is 1.49. The van der Waals surface area contributed by atoms with Gasteiger partial charge in [0.1, 0.15) is 11.9 Å². The average Bonchev–Trinajstić information content (AvgIpc) is 3.25. The van der Waals surface area contributed by atoms with Crippen molar-refractivity contribution in [2.24, 2.45) is 0 Å². The third kappa shape index (κ3) is 3.47. The summed E-state index contributed by atoms with van der Waals surface area (Å²) in [4.78, 5) is 31.0. The third-order valence-corrected chi connectivity index (χ3v) is 5.49. The number of benzene rings is 1. The average molecular weight is 394 g/mol. The Hall–Kier alpha value is -3.23. The Bertz CT molecular complexity index is 1020. The predicted octanol–water partition coefficient (Wildman–Crippen LogP) is 2.87. The number of aliphatic hydroxyl groups is 1. The van der Waals surface area contributed by atoms with Crippen molar-refractivity contribution in [2.75, 3.05) is 29.1 Å². The minimum Gasteiger partial charge on any atom is -0.383 e. The van der Waals surface area contributed by atoms with E-state index in [4.69, 9.17) is 0 Å². The number of carbonyl (C=O) groups excluding carboxylic acids is 2. The van der Waals surface area contributed by atoms with Gasteiger partial charge in [0, 0.05) is 23.8 Å². The first-order valence-corrected chi connectivity index (χ1v) is 9.54. The molecular weight excluding hydrogens is 376 g/mol. The molecule has 0 fully saturated rings. The fourth-order valence-corrected chi connectivity index (χ4v) is 3.68. The molecule has 2 amide bonds. The largest absolute Gasteiger partial charge is 0.383 e. The molecule has 8 heteroatoms. The molecule has 3 heterocycles. The maximum atomic E-state index is 12.6. The quantitative estimate of drug-likeness (QED) is 0.633. The lowest BCUT2D eigenvalue weighted by atomic mass is 10.1. The van der Waals surface area contributed by atoms with Gasteiger partial charge in [0.2, 0.25) is 5.91 Å². The molecular formula is C20H18N4O3S. The fraction of sp³-hybridized carbons (Fsp3) is 0.150. The maximum absolute atomic E-state index is 12.6. The number of aromatic nitrogens is 1. The summed E-state index contributed by atoms with van der Waals surface area (Å²) in [5.74, 6) is 0.158. The van der Waals surface area contributed by atoms with Crippen LogP contribution >= 0.6 is 11.3 Å². The Morgan fingerprint density at radius 1 is 1.32 bits per heavy atom. The van der Waals surface area contributed by atoms with Gasteiger partial charge in [-0.05, 0) is 35.2 Å². The topological polar surface area (TPSA) is 94.6 Å². The number of carbonyl (C=O) groups is 2. The Kier molecular flexibility index (Phi) is 4.81. The van der Waals surface area contributed by atoms with Crippen LogP contribution < -0.4 is 15.5 Å². The van der Waals surface area contributed by atoms with Crippen LogP contribution in [0.1, 0.15) is 26.9 Å². The highest BCUT2D eigenvalue weighted by Crippen LogP contribution is 2.28. The lowest BCUT2D eigenvalue weighted by Gasteiger charge is -2.26. The van der Waals surface area contributed by atoms with Gasteiger partial charge < -0.3 is 20.6 Å². The van der Waals surface area contributed by atoms with Gasteiger partial charge in [-0.3, -0.25) is 9.59 Å². The van der Waals surface area contributed by atoms with Crippen LogP contribution in [0.25, 0.3) is 0 Å². The summed E-state index contributed by atoms with van der Waals surface area (Å²) in [5, 5.41) is 18.0. The van der Waals surface area contributed by atoms with Crippen molar-refractivity contribution in [2.45, 2.75) is 6.10 Å². The van der Waals surface area contributed by atoms with Gasteiger partial charge in [0.05, 0.1) is 17.8 Å². The second-order valence-electron chi connectivity index (χ2n) is 6.39. The zero-order valence-corrected chi connectivity index (χ0v) is 15.9. The maximum Gasteiger partial charge on any atom is 0.257 e. The highest BCUT2D eigenvalue weighted by molar-refractivity contribution is 7.10. The molecule has 1 unspecified atom stereocenters. The summed E-state index contributed by atoms with van der Waals surface area (Å²) >= 11 is 1.49. The second-order valence-corrected chi connectivity index (χ2v) is 7.37. The summed E-state index contributed by atoms with van der Waals surface area (Å²) in [5.41, 5.74) is 2.28. The minimum atomic E-state index is -0.685. The van der Waals surface area contributed by atoms with Crippen molar-refractivity contribution in [1.82, 2.24) is 4.98 Å². The highest BCUT2D eigenvalue weighted by atomic mass is 32.1. The Morgan fingerprint density at radius 2 is 2.11 bits per heavy atom. The Morgan fingerprint density at radius 3 is 2.82 bits per heavy atom. The van der Waals surface area contributed by atoms with E-state index >= 15 is 0 Å². The molecule has 1 aromatic carbocycles. The number of fused-ring (bicyclic) bond motifs is 1. The molecule has 0 aliphatic carbocycles. The second kappa shape index (κ2) is 7.41. The van der Waals surface area contributed by atoms with E-state index in [9.17, 15) is 14.7 Å². The first-order valence-electron chi connectivity index (χ1n) is 8.66. The van der Waals surface area contributed by atoms with Gasteiger partial charge in [-0.1, -0.05) is 18.2 Å². The van der Waals surface area contributed by atoms with Crippen molar-refractivity contribution in [1.29, 1.82) is 0 Å². The number of nitrogens with zero attached hydrogens (tertiary/aromatic N) is 2. The zero-order valence-electron chi connectivity index (χ0n) is 15.0. The van der Waals surface area contributed by atoms with Crippen molar-refractivity contribution >= 4 is 40.3 Å². The van der Waals surface area contributed by atoms with Gasteiger partial charge in [-0.25, -0.2) is 4.98 Å². The number of amides is 2. The number of pyridine rings is 1. The minimum absolute atomic E-state index is 0.0910. The van der Waals surface area contributed by atoms with E-state index in [0.29, 0.717) is 22.8 Å². The zero-order chi connectivity index (χ0) is 19.7. The van der Waals surface area contributed by atoms with E-state index in [1.807, 2.05) is 17.5 Å². The van der Waals surface area contributed by atoms with Gasteiger partial charge in [0.15, 0.2) is 0 Å². The fourth-order valence-electron chi connectivity index (χ4n) is 2.94. The van der Waals surface area contributed by atoms with Gasteiger partial charge in [0.25, 0.3) is 5.91 Å². The molecule has 28 heavy (non-hydrogen) atoms. The molecule has 1 aliphatic heterocycles. The standard InChI is InChI=1S/C20H18N4O3S/c1-24-15-9-13(10-21-19(15)22-11-17(24)25)20(27)23-14-6-4-12(5-7-14)18(26)16-3-2-8-28-16/h2-10,18,26H,11H2,1H3,(H,21,22)(H,23,27). The van der Waals surface area contributed by atoms with Crippen LogP contribution in [0.2, 0.25) is 0 Å². The molecule has 3 N–H and O–H groups in total. The van der Waals surface area contributed by atoms with Crippen molar-refractivity contribution in [3.8, 4) is 0 Å². The normalized spacial score (nSPS) is 14.2. The lowest BCUT2D eigenvalue weighted by molar-refractivity contribution is -0.116. The van der Waals surface area contributed by atoms with Crippen LogP contribution in [0.4, 0.5) is 17.2 Å². The van der Waals surface area contributed by atoms with E-state index in [-0.39, 0.29) is 18.4 Å².